The molecule has 0 heterocycles. The molecule has 0 aromatic heterocycles. The smallest absolute Gasteiger partial charge is 0.326 e. The second-order valence-corrected chi connectivity index (χ2v) is 8.68. The van der Waals surface area contributed by atoms with Gasteiger partial charge >= 0.3 is 5.97 Å². The molecule has 10 N–H and O–H groups in total. The molecule has 0 bridgehead atoms. The fourth-order valence-corrected chi connectivity index (χ4v) is 3.09. The van der Waals surface area contributed by atoms with Gasteiger partial charge in [0.2, 0.25) is 17.7 Å². The van der Waals surface area contributed by atoms with Crippen LogP contribution in [0.4, 0.5) is 0 Å². The van der Waals surface area contributed by atoms with Crippen LogP contribution in [0.1, 0.15) is 40.0 Å². The maximum Gasteiger partial charge on any atom is 0.326 e. The quantitative estimate of drug-likeness (QED) is 0.0817. The molecule has 0 saturated heterocycles. The zero-order valence-corrected chi connectivity index (χ0v) is 19.9. The Hall–Kier alpha value is -2.54. The highest BCUT2D eigenvalue weighted by Gasteiger charge is 2.29. The number of guanidine groups is 1. The number of carboxylic acids is 1. The summed E-state index contributed by atoms with van der Waals surface area (Å²) in [5.74, 6) is -2.64. The van der Waals surface area contributed by atoms with Crippen molar-refractivity contribution in [1.82, 2.24) is 16.0 Å². The first kappa shape index (κ1) is 29.5. The molecule has 4 atom stereocenters. The van der Waals surface area contributed by atoms with Gasteiger partial charge in [-0.2, -0.15) is 11.8 Å². The van der Waals surface area contributed by atoms with Crippen LogP contribution in [-0.4, -0.2) is 77.5 Å². The number of amides is 3. The predicted molar refractivity (Wildman–Crippen MR) is 125 cm³/mol. The van der Waals surface area contributed by atoms with Crippen LogP contribution >= 0.6 is 11.8 Å². The number of nitrogens with one attached hydrogen (secondary N) is 3. The standard InChI is InChI=1S/C19H37N7O5S/c1-10(2)14(18(30)31)26-15(27)11(3)24-17(29)13(6-5-8-23-19(21)22)25-16(28)12(20)7-9-32-4/h10-14H,5-9,20H2,1-4H3,(H,24,29)(H,25,28)(H,26,27)(H,30,31)(H4,21,22,23). The number of aliphatic imine (C=N–C) groups is 1. The highest BCUT2D eigenvalue weighted by atomic mass is 32.2. The van der Waals surface area contributed by atoms with E-state index in [4.69, 9.17) is 17.2 Å². The van der Waals surface area contributed by atoms with E-state index < -0.39 is 47.9 Å². The van der Waals surface area contributed by atoms with Gasteiger partial charge < -0.3 is 38.3 Å². The molecule has 0 aromatic rings. The van der Waals surface area contributed by atoms with Gasteiger partial charge in [-0.25, -0.2) is 4.79 Å². The predicted octanol–water partition coefficient (Wildman–Crippen LogP) is -1.66. The van der Waals surface area contributed by atoms with Gasteiger partial charge in [0.1, 0.15) is 18.1 Å². The highest BCUT2D eigenvalue weighted by molar-refractivity contribution is 7.98. The Bertz CT molecular complexity index is 670. The van der Waals surface area contributed by atoms with Crippen molar-refractivity contribution in [3.8, 4) is 0 Å². The fourth-order valence-electron chi connectivity index (χ4n) is 2.60. The number of hydrogen-bond acceptors (Lipinski definition) is 7. The number of carbonyl (C=O) groups is 4. The van der Waals surface area contributed by atoms with E-state index in [0.717, 1.165) is 0 Å². The van der Waals surface area contributed by atoms with E-state index in [9.17, 15) is 24.3 Å². The Labute approximate surface area is 192 Å². The van der Waals surface area contributed by atoms with Crippen molar-refractivity contribution >= 4 is 41.4 Å². The number of hydrogen-bond donors (Lipinski definition) is 7. The summed E-state index contributed by atoms with van der Waals surface area (Å²) in [4.78, 5) is 52.6. The topological polar surface area (TPSA) is 215 Å². The Morgan fingerprint density at radius 1 is 0.969 bits per heavy atom. The van der Waals surface area contributed by atoms with Gasteiger partial charge in [0.05, 0.1) is 6.04 Å². The monoisotopic (exact) mass is 475 g/mol. The molecule has 0 aliphatic carbocycles. The number of nitrogens with zero attached hydrogens (tertiary/aromatic N) is 1. The highest BCUT2D eigenvalue weighted by Crippen LogP contribution is 2.05. The van der Waals surface area contributed by atoms with E-state index in [2.05, 4.69) is 20.9 Å². The molecule has 0 radical (unpaired) electrons. The van der Waals surface area contributed by atoms with Crippen LogP contribution < -0.4 is 33.2 Å². The van der Waals surface area contributed by atoms with Gasteiger partial charge in [0.15, 0.2) is 5.96 Å². The summed E-state index contributed by atoms with van der Waals surface area (Å²) in [6.07, 6.45) is 2.94. The third-order valence-electron chi connectivity index (χ3n) is 4.53. The van der Waals surface area contributed by atoms with E-state index in [0.29, 0.717) is 18.6 Å². The van der Waals surface area contributed by atoms with E-state index in [1.165, 1.54) is 6.92 Å². The van der Waals surface area contributed by atoms with Crippen molar-refractivity contribution in [2.24, 2.45) is 28.1 Å². The summed E-state index contributed by atoms with van der Waals surface area (Å²) in [6, 6.07) is -3.86. The number of aliphatic carboxylic acids is 1. The lowest BCUT2D eigenvalue weighted by Gasteiger charge is -2.24. The summed E-state index contributed by atoms with van der Waals surface area (Å²) in [6.45, 7) is 5.00. The number of nitrogens with two attached hydrogens (primary N) is 3. The lowest BCUT2D eigenvalue weighted by Crippen LogP contribution is -2.56. The largest absolute Gasteiger partial charge is 0.480 e. The normalized spacial score (nSPS) is 14.6. The molecule has 32 heavy (non-hydrogen) atoms. The van der Waals surface area contributed by atoms with Crippen molar-refractivity contribution in [3.05, 3.63) is 0 Å². The third-order valence-corrected chi connectivity index (χ3v) is 5.17. The molecule has 0 aliphatic rings. The van der Waals surface area contributed by atoms with E-state index >= 15 is 0 Å². The zero-order valence-electron chi connectivity index (χ0n) is 19.1. The first-order chi connectivity index (χ1) is 14.9. The maximum atomic E-state index is 12.8. The minimum atomic E-state index is -1.17. The van der Waals surface area contributed by atoms with E-state index in [-0.39, 0.29) is 24.8 Å². The average molecular weight is 476 g/mol. The van der Waals surface area contributed by atoms with Gasteiger partial charge in [-0.1, -0.05) is 13.8 Å². The number of rotatable bonds is 15. The second-order valence-electron chi connectivity index (χ2n) is 7.70. The van der Waals surface area contributed by atoms with Crippen molar-refractivity contribution in [2.75, 3.05) is 18.6 Å². The van der Waals surface area contributed by atoms with Crippen LogP contribution in [0.5, 0.6) is 0 Å². The Kier molecular flexibility index (Phi) is 14.1. The van der Waals surface area contributed by atoms with Crippen molar-refractivity contribution in [3.63, 3.8) is 0 Å². The van der Waals surface area contributed by atoms with Crippen LogP contribution in [0.2, 0.25) is 0 Å². The SMILES string of the molecule is CSCCC(N)C(=O)NC(CCCN=C(N)N)C(=O)NC(C)C(=O)NC(C(=O)O)C(C)C. The summed E-state index contributed by atoms with van der Waals surface area (Å²) in [5, 5.41) is 16.7. The lowest BCUT2D eigenvalue weighted by molar-refractivity contribution is -0.143. The minimum absolute atomic E-state index is 0.0856. The van der Waals surface area contributed by atoms with E-state index in [1.807, 2.05) is 6.26 Å². The van der Waals surface area contributed by atoms with Crippen molar-refractivity contribution < 1.29 is 24.3 Å². The van der Waals surface area contributed by atoms with Gasteiger partial charge in [-0.15, -0.1) is 0 Å². The molecule has 0 aromatic carbocycles. The number of carbonyl (C=O) groups excluding carboxylic acids is 3. The molecule has 4 unspecified atom stereocenters. The number of thioether (sulfide) groups is 1. The zero-order chi connectivity index (χ0) is 24.8. The molecular formula is C19H37N7O5S. The average Bonchev–Trinajstić information content (AvgIpc) is 2.70. The Morgan fingerprint density at radius 2 is 1.59 bits per heavy atom. The first-order valence-corrected chi connectivity index (χ1v) is 11.7. The molecule has 0 rings (SSSR count). The summed E-state index contributed by atoms with van der Waals surface area (Å²) < 4.78 is 0. The van der Waals surface area contributed by atoms with Crippen LogP contribution in [0.25, 0.3) is 0 Å². The van der Waals surface area contributed by atoms with Crippen molar-refractivity contribution in [1.29, 1.82) is 0 Å². The van der Waals surface area contributed by atoms with Crippen LogP contribution in [-0.2, 0) is 19.2 Å². The molecule has 0 saturated carbocycles. The van der Waals surface area contributed by atoms with Crippen LogP contribution in [0.15, 0.2) is 4.99 Å². The molecular weight excluding hydrogens is 438 g/mol. The van der Waals surface area contributed by atoms with Crippen LogP contribution in [0, 0.1) is 5.92 Å². The molecule has 13 heteroatoms. The van der Waals surface area contributed by atoms with Gasteiger partial charge in [0, 0.05) is 6.54 Å². The van der Waals surface area contributed by atoms with Gasteiger partial charge in [-0.3, -0.25) is 19.4 Å². The molecule has 0 fully saturated rings. The molecule has 184 valence electrons. The van der Waals surface area contributed by atoms with Crippen molar-refractivity contribution in [2.45, 2.75) is 64.2 Å². The lowest BCUT2D eigenvalue weighted by atomic mass is 10.0. The van der Waals surface area contributed by atoms with E-state index in [1.54, 1.807) is 25.6 Å². The summed E-state index contributed by atoms with van der Waals surface area (Å²) in [7, 11) is 0. The van der Waals surface area contributed by atoms with Gasteiger partial charge in [0.25, 0.3) is 0 Å². The Morgan fingerprint density at radius 3 is 2.09 bits per heavy atom. The number of carboxylic acid groups (broad SMARTS) is 1. The summed E-state index contributed by atoms with van der Waals surface area (Å²) in [5.41, 5.74) is 16.5. The second kappa shape index (κ2) is 15.3. The van der Waals surface area contributed by atoms with Crippen LogP contribution in [0.3, 0.4) is 0 Å². The van der Waals surface area contributed by atoms with Gasteiger partial charge in [-0.05, 0) is 44.1 Å². The first-order valence-electron chi connectivity index (χ1n) is 10.3. The minimum Gasteiger partial charge on any atom is -0.480 e. The molecule has 0 aliphatic heterocycles. The fraction of sp³-hybridized carbons (Fsp3) is 0.737. The summed E-state index contributed by atoms with van der Waals surface area (Å²) >= 11 is 1.55. The molecule has 0 spiro atoms. The maximum absolute atomic E-state index is 12.8. The third kappa shape index (κ3) is 11.7. The molecule has 3 amide bonds. The molecule has 12 nitrogen and oxygen atoms in total. The Balaban J connectivity index is 5.14.